The third-order valence-electron chi connectivity index (χ3n) is 7.39. The number of hydrogen-bond acceptors (Lipinski definition) is 2. The van der Waals surface area contributed by atoms with Gasteiger partial charge in [0.1, 0.15) is 0 Å². The molecule has 4 aromatic carbocycles. The Morgan fingerprint density at radius 2 is 0.960 bits per heavy atom. The van der Waals surface area contributed by atoms with Crippen LogP contribution in [-0.2, 0) is 78.3 Å². The molecule has 0 unspecified atom stereocenters. The van der Waals surface area contributed by atoms with Gasteiger partial charge in [-0.1, -0.05) is 116 Å². The summed E-state index contributed by atoms with van der Waals surface area (Å²) in [4.78, 5) is 5.55. The average Bonchev–Trinajstić information content (AvgIpc) is 3.00. The van der Waals surface area contributed by atoms with Gasteiger partial charge >= 0.3 is 0 Å². The molecule has 0 spiro atoms. The van der Waals surface area contributed by atoms with E-state index < -0.39 is 0 Å². The molecule has 0 saturated heterocycles. The number of benzene rings is 4. The van der Waals surface area contributed by atoms with Crippen molar-refractivity contribution in [3.05, 3.63) is 150 Å². The van der Waals surface area contributed by atoms with Gasteiger partial charge in [0.25, 0.3) is 0 Å². The van der Waals surface area contributed by atoms with E-state index >= 15 is 0 Å². The van der Waals surface area contributed by atoms with Gasteiger partial charge in [0.05, 0.1) is 0 Å². The van der Waals surface area contributed by atoms with Crippen molar-refractivity contribution in [1.29, 1.82) is 0 Å². The van der Waals surface area contributed by atoms with Crippen LogP contribution in [0.15, 0.2) is 83.0 Å². The Kier molecular flexibility index (Phi) is 27.3. The van der Waals surface area contributed by atoms with Gasteiger partial charge in [0.2, 0.25) is 0 Å². The van der Waals surface area contributed by atoms with Gasteiger partial charge in [-0.15, -0.1) is 0 Å². The molecule has 0 fully saturated rings. The summed E-state index contributed by atoms with van der Waals surface area (Å²) in [6.45, 7) is 25.6. The molecule has 0 amide bonds. The molecule has 4 aromatic rings. The molecule has 0 aliphatic heterocycles. The molecule has 0 N–H and O–H groups in total. The van der Waals surface area contributed by atoms with Gasteiger partial charge in [-0.25, -0.2) is 0 Å². The number of rotatable bonds is 8. The van der Waals surface area contributed by atoms with Crippen LogP contribution in [-0.4, -0.2) is 0 Å². The van der Waals surface area contributed by atoms with Crippen LogP contribution in [0.4, 0.5) is 11.4 Å². The van der Waals surface area contributed by atoms with Gasteiger partial charge in [-0.05, 0) is 83.7 Å². The predicted octanol–water partition coefficient (Wildman–Crippen LogP) is 14.1. The molecule has 2 radical (unpaired) electrons. The number of azide groups is 2. The number of nitrogens with zero attached hydrogens (tertiary/aromatic N) is 6. The maximum Gasteiger partial charge on any atom is 0.0404 e. The van der Waals surface area contributed by atoms with Crippen LogP contribution >= 0.6 is 0 Å². The Hall–Kier alpha value is -2.29. The molecule has 0 atom stereocenters. The van der Waals surface area contributed by atoms with E-state index in [1.54, 1.807) is 0 Å². The quantitative estimate of drug-likeness (QED) is 0.0732. The van der Waals surface area contributed by atoms with Gasteiger partial charge in [0, 0.05) is 86.6 Å². The summed E-state index contributed by atoms with van der Waals surface area (Å²) in [7, 11) is 0. The first kappa shape index (κ1) is 49.8. The van der Waals surface area contributed by atoms with Crippen molar-refractivity contribution in [2.75, 3.05) is 0 Å². The maximum atomic E-state index is 8.32. The second-order valence-corrected chi connectivity index (χ2v) is 13.7. The molecule has 0 heterocycles. The SMILES string of the molecule is Cc1[c-]ccc(C(C)C)c1.Cc1[c-]ccc(CC(C)C)c1.Cc1cc(C(C)C)ccc1N=[N+]=[N-].Cc1cc(CC(C)C)ccc1N=[N+]=[N-].[Y].[Y]. The molecule has 8 heteroatoms. The third-order valence-corrected chi connectivity index (χ3v) is 7.39. The fourth-order valence-corrected chi connectivity index (χ4v) is 4.89. The summed E-state index contributed by atoms with van der Waals surface area (Å²) >= 11 is 0. The summed E-state index contributed by atoms with van der Waals surface area (Å²) in [5.41, 5.74) is 28.0. The summed E-state index contributed by atoms with van der Waals surface area (Å²) in [5, 5.41) is 7.19. The first-order chi connectivity index (χ1) is 22.7. The van der Waals surface area contributed by atoms with Crippen LogP contribution in [0.5, 0.6) is 0 Å². The van der Waals surface area contributed by atoms with Gasteiger partial charge in [0.15, 0.2) is 0 Å². The van der Waals surface area contributed by atoms with Crippen LogP contribution in [0.3, 0.4) is 0 Å². The molecule has 50 heavy (non-hydrogen) atoms. The predicted molar refractivity (Wildman–Crippen MR) is 205 cm³/mol. The topological polar surface area (TPSA) is 97.5 Å². The van der Waals surface area contributed by atoms with Crippen molar-refractivity contribution in [2.45, 2.75) is 108 Å². The van der Waals surface area contributed by atoms with Crippen molar-refractivity contribution < 1.29 is 65.4 Å². The molecule has 262 valence electrons. The Morgan fingerprint density at radius 1 is 0.540 bits per heavy atom. The van der Waals surface area contributed by atoms with Crippen LogP contribution < -0.4 is 0 Å². The Labute approximate surface area is 353 Å². The van der Waals surface area contributed by atoms with E-state index in [1.807, 2.05) is 50.2 Å². The zero-order chi connectivity index (χ0) is 36.2. The zero-order valence-electron chi connectivity index (χ0n) is 32.5. The standard InChI is InChI=1S/C11H15N3.C11H15.C10H13N3.C10H13.2Y/c1-8(2)6-10-4-5-11(13-14-12)9(3)7-10;1-9(2)7-11-6-4-5-10(3)8-11;1-7(2)9-4-5-10(12-13-11)8(3)6-9;1-8(2)10-6-4-5-9(3)7-10;;/h4-5,7-8H,6H2,1-3H3;4,6,8-9H,7H2,1-3H3;4-7H,1-3H3;4,6-8H,1-3H3;;/q;-1;;-1;;. The normalized spacial score (nSPS) is 9.76. The van der Waals surface area contributed by atoms with Crippen molar-refractivity contribution in [1.82, 2.24) is 0 Å². The summed E-state index contributed by atoms with van der Waals surface area (Å²) in [5.74, 6) is 2.55. The molecule has 0 aromatic heterocycles. The number of aryl methyl sites for hydroxylation is 4. The van der Waals surface area contributed by atoms with Crippen molar-refractivity contribution in [3.63, 3.8) is 0 Å². The molecule has 0 aliphatic rings. The second-order valence-electron chi connectivity index (χ2n) is 13.7. The van der Waals surface area contributed by atoms with Gasteiger partial charge < -0.3 is 0 Å². The van der Waals surface area contributed by atoms with Gasteiger partial charge in [-0.2, -0.15) is 70.8 Å². The van der Waals surface area contributed by atoms with E-state index in [0.717, 1.165) is 29.2 Å². The average molecular weight is 823 g/mol. The monoisotopic (exact) mass is 822 g/mol. The maximum absolute atomic E-state index is 8.32. The van der Waals surface area contributed by atoms with E-state index in [0.29, 0.717) is 23.4 Å². The van der Waals surface area contributed by atoms with E-state index in [9.17, 15) is 0 Å². The summed E-state index contributed by atoms with van der Waals surface area (Å²) in [6.07, 6.45) is 2.24. The Bertz CT molecular complexity index is 1650. The number of hydrogen-bond donors (Lipinski definition) is 0. The first-order valence-corrected chi connectivity index (χ1v) is 16.9. The largest absolute Gasteiger partial charge is 0.181 e. The van der Waals surface area contributed by atoms with E-state index in [-0.39, 0.29) is 65.4 Å². The van der Waals surface area contributed by atoms with Gasteiger partial charge in [-0.3, -0.25) is 0 Å². The molecule has 0 aliphatic carbocycles. The smallest absolute Gasteiger partial charge is 0.0404 e. The molecular weight excluding hydrogens is 766 g/mol. The molecule has 0 saturated carbocycles. The first-order valence-electron chi connectivity index (χ1n) is 16.9. The van der Waals surface area contributed by atoms with Crippen LogP contribution in [0.2, 0.25) is 0 Å². The van der Waals surface area contributed by atoms with Crippen molar-refractivity contribution >= 4 is 11.4 Å². The van der Waals surface area contributed by atoms with E-state index in [2.05, 4.69) is 138 Å². The fraction of sp³-hybridized carbons (Fsp3) is 0.429. The minimum atomic E-state index is 0. The van der Waals surface area contributed by atoms with Crippen LogP contribution in [0.25, 0.3) is 20.9 Å². The Balaban J connectivity index is 0. The molecule has 0 bridgehead atoms. The fourth-order valence-electron chi connectivity index (χ4n) is 4.89. The Morgan fingerprint density at radius 3 is 1.34 bits per heavy atom. The van der Waals surface area contributed by atoms with E-state index in [4.69, 9.17) is 11.1 Å². The second kappa shape index (κ2) is 27.4. The molecule has 6 nitrogen and oxygen atoms in total. The van der Waals surface area contributed by atoms with Crippen molar-refractivity contribution in [3.8, 4) is 0 Å². The molecule has 4 rings (SSSR count). The zero-order valence-corrected chi connectivity index (χ0v) is 38.2. The summed E-state index contributed by atoms with van der Waals surface area (Å²) < 4.78 is 0. The molecular formula is C42H56N6Y2-2. The summed E-state index contributed by atoms with van der Waals surface area (Å²) in [6, 6.07) is 30.9. The van der Waals surface area contributed by atoms with Crippen LogP contribution in [0, 0.1) is 51.7 Å². The minimum Gasteiger partial charge on any atom is -0.181 e. The minimum absolute atomic E-state index is 0. The van der Waals surface area contributed by atoms with E-state index in [1.165, 1.54) is 39.8 Å². The third kappa shape index (κ3) is 21.2. The van der Waals surface area contributed by atoms with Crippen LogP contribution in [0.1, 0.15) is 112 Å². The van der Waals surface area contributed by atoms with Crippen molar-refractivity contribution in [2.24, 2.45) is 22.1 Å².